The molecule has 0 spiro atoms. The van der Waals surface area contributed by atoms with E-state index < -0.39 is 14.3 Å². The van der Waals surface area contributed by atoms with Gasteiger partial charge in [-0.3, -0.25) is 4.79 Å². The lowest BCUT2D eigenvalue weighted by atomic mass is 9.92. The summed E-state index contributed by atoms with van der Waals surface area (Å²) in [5, 5.41) is 0.119. The molecule has 25 heavy (non-hydrogen) atoms. The number of nitrogens with zero attached hydrogens (tertiary/aromatic N) is 1. The molecule has 1 aromatic rings. The third-order valence-electron chi connectivity index (χ3n) is 5.66. The number of ether oxygens (including phenoxy) is 1. The van der Waals surface area contributed by atoms with Crippen LogP contribution < -0.4 is 5.56 Å². The monoisotopic (exact) mass is 365 g/mol. The lowest BCUT2D eigenvalue weighted by molar-refractivity contribution is 0.0591. The Hall–Kier alpha value is -1.40. The van der Waals surface area contributed by atoms with Crippen LogP contribution in [0.1, 0.15) is 62.9 Å². The third kappa shape index (κ3) is 4.23. The van der Waals surface area contributed by atoms with Crippen molar-refractivity contribution >= 4 is 14.3 Å². The summed E-state index contributed by atoms with van der Waals surface area (Å²) in [6.07, 6.45) is 5.81. The van der Waals surface area contributed by atoms with E-state index in [-0.39, 0.29) is 28.3 Å². The molecule has 0 radical (unpaired) electrons. The van der Waals surface area contributed by atoms with E-state index in [2.05, 4.69) is 33.9 Å². The van der Waals surface area contributed by atoms with Crippen LogP contribution in [0.3, 0.4) is 0 Å². The van der Waals surface area contributed by atoms with E-state index in [0.29, 0.717) is 0 Å². The first-order chi connectivity index (χ1) is 11.6. The first-order valence-corrected chi connectivity index (χ1v) is 12.0. The zero-order valence-electron chi connectivity index (χ0n) is 16.3. The Balaban J connectivity index is 2.36. The molecule has 0 amide bonds. The van der Waals surface area contributed by atoms with Gasteiger partial charge in [0, 0.05) is 6.20 Å². The van der Waals surface area contributed by atoms with Crippen LogP contribution in [-0.2, 0) is 9.16 Å². The first kappa shape index (κ1) is 19.9. The van der Waals surface area contributed by atoms with Crippen LogP contribution in [-0.4, -0.2) is 32.1 Å². The smallest absolute Gasteiger partial charge is 0.343 e. The van der Waals surface area contributed by atoms with Gasteiger partial charge in [-0.25, -0.2) is 4.79 Å². The summed E-state index contributed by atoms with van der Waals surface area (Å²) >= 11 is 0. The second kappa shape index (κ2) is 7.46. The summed E-state index contributed by atoms with van der Waals surface area (Å²) in [6, 6.07) is 3.24. The highest BCUT2D eigenvalue weighted by molar-refractivity contribution is 6.74. The average Bonchev–Trinajstić information content (AvgIpc) is 2.54. The molecule has 0 aromatic carbocycles. The minimum absolute atomic E-state index is 0.0141. The highest BCUT2D eigenvalue weighted by atomic mass is 28.4. The lowest BCUT2D eigenvalue weighted by Gasteiger charge is -2.43. The Bertz CT molecular complexity index is 675. The summed E-state index contributed by atoms with van der Waals surface area (Å²) in [5.41, 5.74) is -0.202. The molecule has 5 nitrogen and oxygen atoms in total. The molecule has 2 atom stereocenters. The standard InChI is InChI=1S/C19H31NO4Si/c1-19(2,3)25(5,6)24-16-12-8-7-11-15(16)20-13-9-10-14(17(20)21)18(22)23-4/h9-10,13,15-16H,7-8,11-12H2,1-6H3. The van der Waals surface area contributed by atoms with E-state index in [1.54, 1.807) is 16.8 Å². The molecule has 140 valence electrons. The van der Waals surface area contributed by atoms with Gasteiger partial charge in [0.1, 0.15) is 5.56 Å². The second-order valence-corrected chi connectivity index (χ2v) is 13.2. The van der Waals surface area contributed by atoms with E-state index in [4.69, 9.17) is 9.16 Å². The van der Waals surface area contributed by atoms with Crippen molar-refractivity contribution in [3.05, 3.63) is 34.2 Å². The Labute approximate surface area is 151 Å². The Kier molecular flexibility index (Phi) is 5.94. The molecule has 2 rings (SSSR count). The molecule has 2 unspecified atom stereocenters. The molecule has 1 aromatic heterocycles. The van der Waals surface area contributed by atoms with Gasteiger partial charge in [-0.05, 0) is 43.1 Å². The highest BCUT2D eigenvalue weighted by Crippen LogP contribution is 2.41. The molecule has 0 N–H and O–H groups in total. The summed E-state index contributed by atoms with van der Waals surface area (Å²) < 4.78 is 13.1. The average molecular weight is 366 g/mol. The van der Waals surface area contributed by atoms with Crippen LogP contribution in [0.2, 0.25) is 18.1 Å². The van der Waals surface area contributed by atoms with Crippen molar-refractivity contribution < 1.29 is 14.0 Å². The second-order valence-electron chi connectivity index (χ2n) is 8.39. The van der Waals surface area contributed by atoms with Crippen LogP contribution in [0.15, 0.2) is 23.1 Å². The number of hydrogen-bond donors (Lipinski definition) is 0. The fourth-order valence-corrected chi connectivity index (χ4v) is 4.51. The van der Waals surface area contributed by atoms with Crippen LogP contribution in [0.5, 0.6) is 0 Å². The topological polar surface area (TPSA) is 57.5 Å². The van der Waals surface area contributed by atoms with Gasteiger partial charge < -0.3 is 13.7 Å². The number of hydrogen-bond acceptors (Lipinski definition) is 4. The molecule has 1 saturated carbocycles. The zero-order chi connectivity index (χ0) is 18.8. The maximum Gasteiger partial charge on any atom is 0.343 e. The largest absolute Gasteiger partial charge is 0.465 e. The predicted octanol–water partition coefficient (Wildman–Crippen LogP) is 4.14. The van der Waals surface area contributed by atoms with E-state index in [1.165, 1.54) is 13.2 Å². The Morgan fingerprint density at radius 2 is 1.88 bits per heavy atom. The zero-order valence-corrected chi connectivity index (χ0v) is 17.3. The van der Waals surface area contributed by atoms with Gasteiger partial charge in [-0.1, -0.05) is 33.6 Å². The van der Waals surface area contributed by atoms with Gasteiger partial charge in [0.05, 0.1) is 19.3 Å². The van der Waals surface area contributed by atoms with Gasteiger partial charge in [0.15, 0.2) is 8.32 Å². The number of carbonyl (C=O) groups is 1. The molecule has 0 aliphatic heterocycles. The van der Waals surface area contributed by atoms with E-state index in [0.717, 1.165) is 25.7 Å². The predicted molar refractivity (Wildman–Crippen MR) is 102 cm³/mol. The summed E-state index contributed by atoms with van der Waals surface area (Å²) in [5.74, 6) is -0.586. The molecule has 6 heteroatoms. The number of rotatable bonds is 4. The third-order valence-corrected chi connectivity index (χ3v) is 10.2. The lowest BCUT2D eigenvalue weighted by Crippen LogP contribution is -2.48. The molecule has 1 aliphatic carbocycles. The van der Waals surface area contributed by atoms with E-state index >= 15 is 0 Å². The van der Waals surface area contributed by atoms with Gasteiger partial charge in [-0.15, -0.1) is 0 Å². The van der Waals surface area contributed by atoms with Gasteiger partial charge >= 0.3 is 5.97 Å². The fraction of sp³-hybridized carbons (Fsp3) is 0.684. The minimum atomic E-state index is -1.93. The van der Waals surface area contributed by atoms with E-state index in [9.17, 15) is 9.59 Å². The number of esters is 1. The van der Waals surface area contributed by atoms with Crippen molar-refractivity contribution in [1.82, 2.24) is 4.57 Å². The quantitative estimate of drug-likeness (QED) is 0.594. The maximum atomic E-state index is 12.8. The van der Waals surface area contributed by atoms with Crippen LogP contribution in [0.25, 0.3) is 0 Å². The number of pyridine rings is 1. The van der Waals surface area contributed by atoms with Crippen molar-refractivity contribution in [3.63, 3.8) is 0 Å². The summed E-state index contributed by atoms with van der Waals surface area (Å²) in [4.78, 5) is 24.6. The molecule has 0 bridgehead atoms. The van der Waals surface area contributed by atoms with Crippen molar-refractivity contribution in [1.29, 1.82) is 0 Å². The van der Waals surface area contributed by atoms with Crippen molar-refractivity contribution in [2.75, 3.05) is 7.11 Å². The molecule has 1 aliphatic rings. The summed E-state index contributed by atoms with van der Waals surface area (Å²) in [6.45, 7) is 11.2. The first-order valence-electron chi connectivity index (χ1n) is 9.06. The van der Waals surface area contributed by atoms with Crippen LogP contribution in [0, 0.1) is 0 Å². The van der Waals surface area contributed by atoms with Gasteiger partial charge in [0.2, 0.25) is 0 Å². The van der Waals surface area contributed by atoms with Crippen molar-refractivity contribution in [3.8, 4) is 0 Å². The van der Waals surface area contributed by atoms with Gasteiger partial charge in [0.25, 0.3) is 5.56 Å². The molecular weight excluding hydrogens is 334 g/mol. The van der Waals surface area contributed by atoms with Gasteiger partial charge in [-0.2, -0.15) is 0 Å². The number of aromatic nitrogens is 1. The number of methoxy groups -OCH3 is 1. The Morgan fingerprint density at radius 3 is 2.48 bits per heavy atom. The SMILES string of the molecule is COC(=O)c1cccn(C2CCCCC2O[Si](C)(C)C(C)(C)C)c1=O. The van der Waals surface area contributed by atoms with Crippen LogP contribution in [0.4, 0.5) is 0 Å². The molecular formula is C19H31NO4Si. The van der Waals surface area contributed by atoms with Crippen molar-refractivity contribution in [2.24, 2.45) is 0 Å². The summed E-state index contributed by atoms with van der Waals surface area (Å²) in [7, 11) is -0.639. The van der Waals surface area contributed by atoms with E-state index in [1.807, 2.05) is 0 Å². The van der Waals surface area contributed by atoms with Crippen LogP contribution >= 0.6 is 0 Å². The maximum absolute atomic E-state index is 12.8. The molecule has 1 heterocycles. The molecule has 0 saturated heterocycles. The minimum Gasteiger partial charge on any atom is -0.465 e. The highest BCUT2D eigenvalue weighted by Gasteiger charge is 2.41. The number of carbonyl (C=O) groups excluding carboxylic acids is 1. The fourth-order valence-electron chi connectivity index (χ4n) is 3.12. The normalized spacial score (nSPS) is 21.8. The molecule has 1 fully saturated rings. The van der Waals surface area contributed by atoms with Crippen molar-refractivity contribution in [2.45, 2.75) is 76.7 Å². The Morgan fingerprint density at radius 1 is 1.24 bits per heavy atom.